The number of para-hydroxylation sites is 1. The lowest BCUT2D eigenvalue weighted by Crippen LogP contribution is -1.97. The van der Waals surface area contributed by atoms with E-state index < -0.39 is 0 Å². The summed E-state index contributed by atoms with van der Waals surface area (Å²) in [5, 5.41) is 1.82. The monoisotopic (exact) mass is 303 g/mol. The fourth-order valence-corrected chi connectivity index (χ4v) is 2.43. The highest BCUT2D eigenvalue weighted by atomic mass is 35.5. The van der Waals surface area contributed by atoms with Crippen LogP contribution >= 0.6 is 23.2 Å². The van der Waals surface area contributed by atoms with Gasteiger partial charge in [-0.2, -0.15) is 0 Å². The molecule has 20 heavy (non-hydrogen) atoms. The molecule has 3 rings (SSSR count). The van der Waals surface area contributed by atoms with Crippen LogP contribution in [0.15, 0.2) is 30.3 Å². The van der Waals surface area contributed by atoms with Gasteiger partial charge in [0.1, 0.15) is 16.0 Å². The Morgan fingerprint density at radius 2 is 1.55 bits per heavy atom. The first-order valence-corrected chi connectivity index (χ1v) is 6.88. The molecule has 2 heterocycles. The van der Waals surface area contributed by atoms with E-state index in [1.807, 2.05) is 37.3 Å². The van der Waals surface area contributed by atoms with Crippen LogP contribution in [0, 0.1) is 13.8 Å². The van der Waals surface area contributed by atoms with E-state index in [-0.39, 0.29) is 0 Å². The molecule has 0 saturated carbocycles. The summed E-state index contributed by atoms with van der Waals surface area (Å²) in [7, 11) is 0. The maximum absolute atomic E-state index is 6.06. The van der Waals surface area contributed by atoms with E-state index in [4.69, 9.17) is 23.2 Å². The van der Waals surface area contributed by atoms with E-state index in [9.17, 15) is 0 Å². The number of hydrogen-bond acceptors (Lipinski definition) is 3. The maximum atomic E-state index is 6.06. The van der Waals surface area contributed by atoms with E-state index in [0.717, 1.165) is 16.5 Å². The van der Waals surface area contributed by atoms with Gasteiger partial charge in [0.2, 0.25) is 0 Å². The molecule has 5 heteroatoms. The van der Waals surface area contributed by atoms with Crippen LogP contribution in [0.25, 0.3) is 22.4 Å². The van der Waals surface area contributed by atoms with Crippen molar-refractivity contribution in [1.82, 2.24) is 15.0 Å². The van der Waals surface area contributed by atoms with Gasteiger partial charge >= 0.3 is 0 Å². The zero-order valence-electron chi connectivity index (χ0n) is 11.0. The molecular weight excluding hydrogens is 293 g/mol. The van der Waals surface area contributed by atoms with E-state index >= 15 is 0 Å². The SMILES string of the molecule is Cc1c(Cl)nc(-c2cc(C)c3ccccc3n2)nc1Cl. The Morgan fingerprint density at radius 3 is 2.25 bits per heavy atom. The van der Waals surface area contributed by atoms with Gasteiger partial charge in [-0.3, -0.25) is 0 Å². The first-order chi connectivity index (χ1) is 9.56. The number of nitrogens with zero attached hydrogens (tertiary/aromatic N) is 3. The van der Waals surface area contributed by atoms with Gasteiger partial charge in [0.25, 0.3) is 0 Å². The van der Waals surface area contributed by atoms with Crippen LogP contribution in [0.5, 0.6) is 0 Å². The minimum Gasteiger partial charge on any atom is -0.244 e. The summed E-state index contributed by atoms with van der Waals surface area (Å²) < 4.78 is 0. The third-order valence-corrected chi connectivity index (χ3v) is 3.92. The maximum Gasteiger partial charge on any atom is 0.181 e. The Bertz CT molecular complexity index is 792. The molecule has 2 aromatic heterocycles. The first kappa shape index (κ1) is 13.3. The highest BCUT2D eigenvalue weighted by molar-refractivity contribution is 6.34. The minimum atomic E-state index is 0.354. The van der Waals surface area contributed by atoms with Gasteiger partial charge in [-0.05, 0) is 31.5 Å². The lowest BCUT2D eigenvalue weighted by atomic mass is 10.1. The second-order valence-electron chi connectivity index (χ2n) is 4.60. The molecule has 0 atom stereocenters. The summed E-state index contributed by atoms with van der Waals surface area (Å²) in [5.74, 6) is 0.444. The Labute approximate surface area is 126 Å². The van der Waals surface area contributed by atoms with Gasteiger partial charge in [-0.1, -0.05) is 41.4 Å². The molecule has 100 valence electrons. The van der Waals surface area contributed by atoms with Crippen molar-refractivity contribution in [3.8, 4) is 11.5 Å². The molecule has 0 fully saturated rings. The van der Waals surface area contributed by atoms with Gasteiger partial charge in [0.05, 0.1) is 5.52 Å². The molecule has 0 aliphatic carbocycles. The standard InChI is InChI=1S/C15H11Cl2N3/c1-8-7-12(18-11-6-4-3-5-10(8)11)15-19-13(16)9(2)14(17)20-15/h3-7H,1-2H3. The van der Waals surface area contributed by atoms with Gasteiger partial charge < -0.3 is 0 Å². The molecule has 3 nitrogen and oxygen atoms in total. The van der Waals surface area contributed by atoms with E-state index in [2.05, 4.69) is 15.0 Å². The van der Waals surface area contributed by atoms with Gasteiger partial charge in [-0.15, -0.1) is 0 Å². The smallest absolute Gasteiger partial charge is 0.181 e. The van der Waals surface area contributed by atoms with Crippen LogP contribution in [-0.2, 0) is 0 Å². The fraction of sp³-hybridized carbons (Fsp3) is 0.133. The summed E-state index contributed by atoms with van der Waals surface area (Å²) in [6.07, 6.45) is 0. The van der Waals surface area contributed by atoms with Crippen LogP contribution in [0.3, 0.4) is 0 Å². The fourth-order valence-electron chi connectivity index (χ4n) is 2.04. The normalized spacial score (nSPS) is 11.0. The zero-order chi connectivity index (χ0) is 14.3. The number of aromatic nitrogens is 3. The Kier molecular flexibility index (Phi) is 3.32. The van der Waals surface area contributed by atoms with Crippen LogP contribution < -0.4 is 0 Å². The minimum absolute atomic E-state index is 0.354. The molecule has 0 aliphatic rings. The van der Waals surface area contributed by atoms with Crippen LogP contribution in [0.2, 0.25) is 10.3 Å². The number of pyridine rings is 1. The topological polar surface area (TPSA) is 38.7 Å². The summed E-state index contributed by atoms with van der Waals surface area (Å²) >= 11 is 12.1. The number of hydrogen-bond donors (Lipinski definition) is 0. The molecular formula is C15H11Cl2N3. The molecule has 3 aromatic rings. The Hall–Kier alpha value is -1.71. The van der Waals surface area contributed by atoms with Crippen molar-refractivity contribution in [3.05, 3.63) is 51.8 Å². The third-order valence-electron chi connectivity index (χ3n) is 3.18. The summed E-state index contributed by atoms with van der Waals surface area (Å²) in [5.41, 5.74) is 3.36. The lowest BCUT2D eigenvalue weighted by molar-refractivity contribution is 1.12. The molecule has 0 radical (unpaired) electrons. The number of fused-ring (bicyclic) bond motifs is 1. The number of aryl methyl sites for hydroxylation is 1. The molecule has 0 unspecified atom stereocenters. The molecule has 0 amide bonds. The number of halogens is 2. The highest BCUT2D eigenvalue weighted by Gasteiger charge is 2.12. The third kappa shape index (κ3) is 2.23. The van der Waals surface area contributed by atoms with E-state index in [1.54, 1.807) is 6.92 Å². The van der Waals surface area contributed by atoms with Crippen LogP contribution in [0.4, 0.5) is 0 Å². The van der Waals surface area contributed by atoms with Crippen molar-refractivity contribution in [2.75, 3.05) is 0 Å². The van der Waals surface area contributed by atoms with Crippen LogP contribution in [0.1, 0.15) is 11.1 Å². The molecule has 0 aliphatic heterocycles. The van der Waals surface area contributed by atoms with Crippen LogP contribution in [-0.4, -0.2) is 15.0 Å². The molecule has 0 N–H and O–H groups in total. The molecule has 1 aromatic carbocycles. The van der Waals surface area contributed by atoms with Crippen molar-refractivity contribution in [2.45, 2.75) is 13.8 Å². The zero-order valence-corrected chi connectivity index (χ0v) is 12.5. The predicted molar refractivity (Wildman–Crippen MR) is 82.3 cm³/mol. The van der Waals surface area contributed by atoms with E-state index in [0.29, 0.717) is 27.4 Å². The Morgan fingerprint density at radius 1 is 0.900 bits per heavy atom. The average Bonchev–Trinajstić information content (AvgIpc) is 2.44. The van der Waals surface area contributed by atoms with Crippen molar-refractivity contribution in [3.63, 3.8) is 0 Å². The number of benzene rings is 1. The molecule has 0 bridgehead atoms. The second kappa shape index (κ2) is 5.00. The second-order valence-corrected chi connectivity index (χ2v) is 5.31. The van der Waals surface area contributed by atoms with E-state index in [1.165, 1.54) is 0 Å². The number of rotatable bonds is 1. The Balaban J connectivity index is 2.25. The van der Waals surface area contributed by atoms with Crippen molar-refractivity contribution in [1.29, 1.82) is 0 Å². The largest absolute Gasteiger partial charge is 0.244 e. The molecule has 0 saturated heterocycles. The summed E-state index contributed by atoms with van der Waals surface area (Å²) in [6, 6.07) is 9.89. The average molecular weight is 304 g/mol. The van der Waals surface area contributed by atoms with Crippen molar-refractivity contribution >= 4 is 34.1 Å². The quantitative estimate of drug-likeness (QED) is 0.616. The predicted octanol–water partition coefficient (Wildman–Crippen LogP) is 4.62. The van der Waals surface area contributed by atoms with Crippen molar-refractivity contribution < 1.29 is 0 Å². The lowest BCUT2D eigenvalue weighted by Gasteiger charge is -2.07. The van der Waals surface area contributed by atoms with Gasteiger partial charge in [0, 0.05) is 10.9 Å². The summed E-state index contributed by atoms with van der Waals surface area (Å²) in [6.45, 7) is 3.82. The van der Waals surface area contributed by atoms with Gasteiger partial charge in [-0.25, -0.2) is 15.0 Å². The van der Waals surface area contributed by atoms with Crippen molar-refractivity contribution in [2.24, 2.45) is 0 Å². The first-order valence-electron chi connectivity index (χ1n) is 6.12. The molecule has 0 spiro atoms. The summed E-state index contributed by atoms with van der Waals surface area (Å²) in [4.78, 5) is 13.1. The van der Waals surface area contributed by atoms with Gasteiger partial charge in [0.15, 0.2) is 5.82 Å². The highest BCUT2D eigenvalue weighted by Crippen LogP contribution is 2.26.